The number of nitrogens with two attached hydrogens (primary N) is 1. The first kappa shape index (κ1) is 8.39. The van der Waals surface area contributed by atoms with Crippen LogP contribution in [0.5, 0.6) is 0 Å². The number of hydrogen-bond donors (Lipinski definition) is 2. The molecule has 9 heteroatoms. The van der Waals surface area contributed by atoms with Gasteiger partial charge in [-0.1, -0.05) is 10.2 Å². The number of hydrogen-bond acceptors (Lipinski definition) is 7. The molecule has 1 rings (SSSR count). The zero-order valence-corrected chi connectivity index (χ0v) is 4.67. The summed E-state index contributed by atoms with van der Waals surface area (Å²) in [6, 6.07) is 0. The van der Waals surface area contributed by atoms with Crippen LogP contribution in [-0.2, 0) is 0 Å². The van der Waals surface area contributed by atoms with E-state index in [4.69, 9.17) is 21.2 Å². The lowest BCUT2D eigenvalue weighted by Gasteiger charge is -1.80. The van der Waals surface area contributed by atoms with Gasteiger partial charge in [0.05, 0.1) is 10.3 Å². The number of quaternary nitrogens is 1. The second-order valence-electron chi connectivity index (χ2n) is 1.08. The standard InChI is InChI=1S/CH3N5.NO3/c2-6-1-3-4-5-6;2-1(3)4/h1H,2H2;/q;-1/p+1. The normalized spacial score (nSPS) is 19.9. The molecule has 1 aliphatic rings. The molecule has 0 bridgehead atoms. The maximum atomic E-state index is 8.25. The SMILES string of the molecule is N[NH+]1C=NN=N1.O=[N+]([O-])[O-]. The maximum Gasteiger partial charge on any atom is 0.257 e. The third-order valence-corrected chi connectivity index (χ3v) is 0.402. The third-order valence-electron chi connectivity index (χ3n) is 0.402. The van der Waals surface area contributed by atoms with Crippen molar-refractivity contribution in [3.63, 3.8) is 0 Å². The van der Waals surface area contributed by atoms with E-state index >= 15 is 0 Å². The lowest BCUT2D eigenvalue weighted by atomic mass is 11.3. The van der Waals surface area contributed by atoms with Gasteiger partial charge in [0.2, 0.25) is 0 Å². The van der Waals surface area contributed by atoms with Gasteiger partial charge >= 0.3 is 0 Å². The lowest BCUT2D eigenvalue weighted by molar-refractivity contribution is -0.820. The van der Waals surface area contributed by atoms with Gasteiger partial charge in [-0.15, -0.1) is 5.84 Å². The molecule has 1 heterocycles. The summed E-state index contributed by atoms with van der Waals surface area (Å²) in [5.41, 5.74) is 0. The third kappa shape index (κ3) is 6.39. The first-order valence-electron chi connectivity index (χ1n) is 2.01. The molecule has 3 N–H and O–H groups in total. The molecule has 0 saturated heterocycles. The molecule has 0 aromatic heterocycles. The van der Waals surface area contributed by atoms with Gasteiger partial charge in [0.25, 0.3) is 6.34 Å². The summed E-state index contributed by atoms with van der Waals surface area (Å²) < 4.78 is 0. The van der Waals surface area contributed by atoms with E-state index < -0.39 is 5.09 Å². The summed E-state index contributed by atoms with van der Waals surface area (Å²) in [7, 11) is 0. The van der Waals surface area contributed by atoms with E-state index in [1.807, 2.05) is 0 Å². The highest BCUT2D eigenvalue weighted by molar-refractivity contribution is 5.42. The molecule has 1 aliphatic heterocycles. The van der Waals surface area contributed by atoms with E-state index in [0.29, 0.717) is 5.12 Å². The van der Waals surface area contributed by atoms with Crippen LogP contribution in [-0.4, -0.2) is 11.4 Å². The Bertz CT molecular complexity index is 146. The fourth-order valence-corrected chi connectivity index (χ4v) is 0.188. The highest BCUT2D eigenvalue weighted by atomic mass is 16.9. The van der Waals surface area contributed by atoms with E-state index in [9.17, 15) is 0 Å². The second-order valence-corrected chi connectivity index (χ2v) is 1.08. The van der Waals surface area contributed by atoms with Gasteiger partial charge in [0.15, 0.2) is 0 Å². The molecule has 0 aliphatic carbocycles. The summed E-state index contributed by atoms with van der Waals surface area (Å²) in [5, 5.41) is 25.0. The van der Waals surface area contributed by atoms with E-state index in [0.717, 1.165) is 0 Å². The minimum absolute atomic E-state index is 0.370. The van der Waals surface area contributed by atoms with Crippen LogP contribution in [0.4, 0.5) is 0 Å². The molecule has 0 amide bonds. The lowest BCUT2D eigenvalue weighted by Crippen LogP contribution is -3.11. The summed E-state index contributed by atoms with van der Waals surface area (Å²) in [5.74, 6) is 5.04. The molecule has 0 saturated carbocycles. The van der Waals surface area contributed by atoms with Crippen molar-refractivity contribution in [3.8, 4) is 0 Å². The molecule has 0 fully saturated rings. The summed E-state index contributed by atoms with van der Waals surface area (Å²) >= 11 is 0. The fourth-order valence-electron chi connectivity index (χ4n) is 0.188. The van der Waals surface area contributed by atoms with Crippen molar-refractivity contribution >= 4 is 6.34 Å². The molecular formula is CH4N6O3. The molecule has 0 spiro atoms. The van der Waals surface area contributed by atoms with Gasteiger partial charge in [-0.05, 0) is 0 Å². The quantitative estimate of drug-likeness (QED) is 0.229. The van der Waals surface area contributed by atoms with Crippen LogP contribution in [0.1, 0.15) is 0 Å². The van der Waals surface area contributed by atoms with Gasteiger partial charge in [-0.3, -0.25) is 0 Å². The molecule has 0 aromatic rings. The number of nitrogens with one attached hydrogen (secondary N) is 1. The predicted octanol–water partition coefficient (Wildman–Crippen LogP) is -2.17. The first-order chi connectivity index (χ1) is 4.63. The van der Waals surface area contributed by atoms with E-state index in [1.54, 1.807) is 0 Å². The van der Waals surface area contributed by atoms with E-state index in [-0.39, 0.29) is 0 Å². The van der Waals surface area contributed by atoms with Crippen molar-refractivity contribution < 1.29 is 10.2 Å². The fraction of sp³-hybridized carbons (Fsp3) is 0. The van der Waals surface area contributed by atoms with Crippen molar-refractivity contribution in [2.24, 2.45) is 21.4 Å². The van der Waals surface area contributed by atoms with Crippen LogP contribution in [0.3, 0.4) is 0 Å². The Balaban J connectivity index is 0.000000180. The minimum atomic E-state index is -1.75. The second kappa shape index (κ2) is 4.29. The predicted molar refractivity (Wildman–Crippen MR) is 28.9 cm³/mol. The van der Waals surface area contributed by atoms with Gasteiger partial charge in [0, 0.05) is 5.22 Å². The Morgan fingerprint density at radius 3 is 2.20 bits per heavy atom. The van der Waals surface area contributed by atoms with Crippen LogP contribution >= 0.6 is 0 Å². The van der Waals surface area contributed by atoms with Crippen molar-refractivity contribution in [3.05, 3.63) is 15.3 Å². The summed E-state index contributed by atoms with van der Waals surface area (Å²) in [4.78, 5) is 8.25. The van der Waals surface area contributed by atoms with Gasteiger partial charge in [-0.2, -0.15) is 0 Å². The van der Waals surface area contributed by atoms with E-state index in [2.05, 4.69) is 15.5 Å². The molecule has 0 radical (unpaired) electrons. The van der Waals surface area contributed by atoms with Gasteiger partial charge < -0.3 is 15.3 Å². The molecule has 1 atom stereocenters. The van der Waals surface area contributed by atoms with Crippen LogP contribution < -0.4 is 11.0 Å². The molecule has 56 valence electrons. The first-order valence-corrected chi connectivity index (χ1v) is 2.01. The average molecular weight is 148 g/mol. The number of nitrogens with zero attached hydrogens (tertiary/aromatic N) is 4. The van der Waals surface area contributed by atoms with Crippen LogP contribution in [0.2, 0.25) is 0 Å². The molecule has 0 aromatic carbocycles. The number of rotatable bonds is 0. The van der Waals surface area contributed by atoms with Crippen LogP contribution in [0.15, 0.2) is 15.5 Å². The molecule has 1 unspecified atom stereocenters. The molecular weight excluding hydrogens is 144 g/mol. The van der Waals surface area contributed by atoms with Crippen LogP contribution in [0, 0.1) is 15.3 Å². The van der Waals surface area contributed by atoms with Crippen molar-refractivity contribution in [2.45, 2.75) is 0 Å². The van der Waals surface area contributed by atoms with Crippen LogP contribution in [0.25, 0.3) is 0 Å². The molecule has 9 nitrogen and oxygen atoms in total. The Morgan fingerprint density at radius 2 is 2.10 bits per heavy atom. The Hall–Kier alpha value is -1.61. The highest BCUT2D eigenvalue weighted by Gasteiger charge is 1.96. The monoisotopic (exact) mass is 148 g/mol. The molecule has 10 heavy (non-hydrogen) atoms. The Kier molecular flexibility index (Phi) is 3.60. The summed E-state index contributed by atoms with van der Waals surface area (Å²) in [6.45, 7) is 0. The maximum absolute atomic E-state index is 8.25. The zero-order chi connectivity index (χ0) is 7.98. The van der Waals surface area contributed by atoms with Crippen molar-refractivity contribution in [1.29, 1.82) is 0 Å². The van der Waals surface area contributed by atoms with Crippen molar-refractivity contribution in [1.82, 2.24) is 0 Å². The van der Waals surface area contributed by atoms with Gasteiger partial charge in [0.1, 0.15) is 0 Å². The Labute approximate surface area is 54.5 Å². The smallest absolute Gasteiger partial charge is 0.257 e. The minimum Gasteiger partial charge on any atom is -0.356 e. The highest BCUT2D eigenvalue weighted by Crippen LogP contribution is 1.66. The zero-order valence-electron chi connectivity index (χ0n) is 4.67. The topological polar surface area (TPSA) is 134 Å². The van der Waals surface area contributed by atoms with E-state index in [1.165, 1.54) is 6.34 Å². The summed E-state index contributed by atoms with van der Waals surface area (Å²) in [6.07, 6.45) is 1.39. The largest absolute Gasteiger partial charge is 0.356 e. The van der Waals surface area contributed by atoms with Crippen molar-refractivity contribution in [2.75, 3.05) is 0 Å². The Morgan fingerprint density at radius 1 is 1.60 bits per heavy atom. The average Bonchev–Trinajstić information content (AvgIpc) is 2.15. The van der Waals surface area contributed by atoms with Gasteiger partial charge in [-0.25, -0.2) is 0 Å².